The second-order valence-electron chi connectivity index (χ2n) is 13.2. The number of H-pyrrole nitrogens is 1. The summed E-state index contributed by atoms with van der Waals surface area (Å²) in [6, 6.07) is 13.0. The smallest absolute Gasteiger partial charge is 0.434 e. The maximum Gasteiger partial charge on any atom is 0.434 e. The van der Waals surface area contributed by atoms with Crippen molar-refractivity contribution in [2.75, 3.05) is 32.2 Å². The second kappa shape index (κ2) is 12.6. The maximum atomic E-state index is 14.5. The summed E-state index contributed by atoms with van der Waals surface area (Å²) >= 11 is 1.46. The van der Waals surface area contributed by atoms with Gasteiger partial charge in [0, 0.05) is 28.2 Å². The highest BCUT2D eigenvalue weighted by atomic mass is 32.1. The van der Waals surface area contributed by atoms with Gasteiger partial charge in [-0.1, -0.05) is 18.2 Å². The molecule has 2 atom stereocenters. The average Bonchev–Trinajstić information content (AvgIpc) is 3.93. The van der Waals surface area contributed by atoms with Crippen molar-refractivity contribution in [1.29, 1.82) is 0 Å². The van der Waals surface area contributed by atoms with Crippen molar-refractivity contribution in [3.63, 3.8) is 0 Å². The third-order valence-corrected chi connectivity index (χ3v) is 11.3. The number of hydrogen-bond acceptors (Lipinski definition) is 10. The molecular weight excluding hydrogens is 691 g/mol. The van der Waals surface area contributed by atoms with Gasteiger partial charge in [0.05, 0.1) is 59.6 Å². The van der Waals surface area contributed by atoms with Gasteiger partial charge in [0.2, 0.25) is 0 Å². The highest BCUT2D eigenvalue weighted by Crippen LogP contribution is 2.49. The number of pyridine rings is 2. The fraction of sp³-hybridized carbons (Fsp3) is 0.289. The van der Waals surface area contributed by atoms with Crippen LogP contribution in [0.2, 0.25) is 0 Å². The molecule has 264 valence electrons. The number of nitrogens with one attached hydrogen (secondary N) is 2. The van der Waals surface area contributed by atoms with E-state index in [9.17, 15) is 18.4 Å². The fourth-order valence-electron chi connectivity index (χ4n) is 7.82. The number of thiophene rings is 1. The Hall–Kier alpha value is -5.47. The molecule has 6 heterocycles. The molecule has 0 unspecified atom stereocenters. The summed E-state index contributed by atoms with van der Waals surface area (Å²) in [5.41, 5.74) is 6.12. The van der Waals surface area contributed by atoms with Crippen molar-refractivity contribution in [2.24, 2.45) is 0 Å². The molecule has 3 aliphatic rings. The molecule has 0 bridgehead atoms. The van der Waals surface area contributed by atoms with E-state index in [2.05, 4.69) is 15.5 Å². The van der Waals surface area contributed by atoms with Crippen LogP contribution in [0.3, 0.4) is 0 Å². The molecule has 0 spiro atoms. The SMILES string of the molecule is COc1c(F)ccc2c1CC[C@@H]2Nc1nc(C)cc2cc(-c3c4c(nc(CCc5ccc(F)cc5)c3-c3n[nH]c(=O)o3)[C@H]3COCCN3C4=O)sc12. The van der Waals surface area contributed by atoms with E-state index in [1.54, 1.807) is 23.1 Å². The largest absolute Gasteiger partial charge is 0.493 e. The monoisotopic (exact) mass is 722 g/mol. The zero-order valence-electron chi connectivity index (χ0n) is 28.2. The number of halogens is 2. The lowest BCUT2D eigenvalue weighted by Gasteiger charge is -2.29. The molecule has 0 saturated carbocycles. The Morgan fingerprint density at radius 2 is 1.90 bits per heavy atom. The van der Waals surface area contributed by atoms with Gasteiger partial charge in [-0.25, -0.2) is 23.7 Å². The Labute approximate surface area is 299 Å². The molecule has 1 saturated heterocycles. The lowest BCUT2D eigenvalue weighted by Crippen LogP contribution is -2.38. The summed E-state index contributed by atoms with van der Waals surface area (Å²) in [5, 5.41) is 11.2. The van der Waals surface area contributed by atoms with Crippen LogP contribution < -0.4 is 15.8 Å². The molecule has 0 radical (unpaired) electrons. The molecule has 11 nitrogen and oxygen atoms in total. The van der Waals surface area contributed by atoms with Crippen LogP contribution in [0.25, 0.3) is 32.0 Å². The van der Waals surface area contributed by atoms with Crippen molar-refractivity contribution in [2.45, 2.75) is 44.7 Å². The second-order valence-corrected chi connectivity index (χ2v) is 14.3. The van der Waals surface area contributed by atoms with E-state index < -0.39 is 5.76 Å². The minimum Gasteiger partial charge on any atom is -0.493 e. The minimum absolute atomic E-state index is 0.0205. The Balaban J connectivity index is 1.22. The van der Waals surface area contributed by atoms with Gasteiger partial charge in [0.15, 0.2) is 11.6 Å². The molecule has 14 heteroatoms. The highest BCUT2D eigenvalue weighted by Gasteiger charge is 2.44. The minimum atomic E-state index is -0.737. The predicted octanol–water partition coefficient (Wildman–Crippen LogP) is 6.71. The van der Waals surface area contributed by atoms with Crippen molar-refractivity contribution in [3.05, 3.63) is 110 Å². The number of morpholine rings is 1. The van der Waals surface area contributed by atoms with Crippen LogP contribution in [0.4, 0.5) is 14.6 Å². The topological polar surface area (TPSA) is 135 Å². The van der Waals surface area contributed by atoms with Gasteiger partial charge >= 0.3 is 5.76 Å². The molecular formula is C38H32F2N6O5S. The van der Waals surface area contributed by atoms with E-state index in [0.717, 1.165) is 43.8 Å². The van der Waals surface area contributed by atoms with E-state index in [1.165, 1.54) is 36.6 Å². The molecule has 52 heavy (non-hydrogen) atoms. The Morgan fingerprint density at radius 3 is 2.69 bits per heavy atom. The van der Waals surface area contributed by atoms with E-state index in [0.29, 0.717) is 72.9 Å². The molecule has 9 rings (SSSR count). The average molecular weight is 723 g/mol. The number of ether oxygens (including phenoxy) is 2. The Bertz CT molecular complexity index is 2460. The van der Waals surface area contributed by atoms with Gasteiger partial charge in [-0.2, -0.15) is 0 Å². The fourth-order valence-corrected chi connectivity index (χ4v) is 8.97. The number of methoxy groups -OCH3 is 1. The Kier molecular flexibility index (Phi) is 7.88. The quantitative estimate of drug-likeness (QED) is 0.176. The van der Waals surface area contributed by atoms with Gasteiger partial charge in [0.1, 0.15) is 11.6 Å². The molecule has 4 aromatic heterocycles. The number of rotatable bonds is 8. The number of nitrogens with zero attached hydrogens (tertiary/aromatic N) is 4. The third kappa shape index (κ3) is 5.35. The van der Waals surface area contributed by atoms with Crippen LogP contribution in [0.15, 0.2) is 57.7 Å². The first kappa shape index (κ1) is 32.4. The van der Waals surface area contributed by atoms with Gasteiger partial charge < -0.3 is 24.1 Å². The van der Waals surface area contributed by atoms with E-state index in [-0.39, 0.29) is 41.3 Å². The summed E-state index contributed by atoms with van der Waals surface area (Å²) < 4.78 is 46.0. The number of aromatic nitrogens is 4. The number of fused-ring (bicyclic) bond motifs is 5. The van der Waals surface area contributed by atoms with Gasteiger partial charge in [0.25, 0.3) is 11.8 Å². The van der Waals surface area contributed by atoms with Crippen LogP contribution in [-0.2, 0) is 24.0 Å². The van der Waals surface area contributed by atoms with Gasteiger partial charge in [-0.15, -0.1) is 16.4 Å². The zero-order valence-corrected chi connectivity index (χ0v) is 29.0. The van der Waals surface area contributed by atoms with Crippen molar-refractivity contribution in [3.8, 4) is 27.6 Å². The predicted molar refractivity (Wildman–Crippen MR) is 190 cm³/mol. The molecule has 6 aromatic rings. The van der Waals surface area contributed by atoms with Crippen LogP contribution in [0, 0.1) is 18.6 Å². The first-order chi connectivity index (χ1) is 25.3. The summed E-state index contributed by atoms with van der Waals surface area (Å²) in [6.45, 7) is 3.06. The summed E-state index contributed by atoms with van der Waals surface area (Å²) in [6.07, 6.45) is 2.29. The molecule has 2 N–H and O–H groups in total. The molecule has 1 aliphatic carbocycles. The lowest BCUT2D eigenvalue weighted by atomic mass is 9.93. The zero-order chi connectivity index (χ0) is 35.7. The van der Waals surface area contributed by atoms with E-state index >= 15 is 0 Å². The van der Waals surface area contributed by atoms with Crippen molar-refractivity contribution in [1.82, 2.24) is 25.1 Å². The first-order valence-corrected chi connectivity index (χ1v) is 17.9. The van der Waals surface area contributed by atoms with Crippen LogP contribution >= 0.6 is 11.3 Å². The number of aryl methyl sites for hydroxylation is 3. The molecule has 1 fully saturated rings. The lowest BCUT2D eigenvalue weighted by molar-refractivity contribution is 0.00352. The number of benzene rings is 2. The Morgan fingerprint density at radius 1 is 1.06 bits per heavy atom. The highest BCUT2D eigenvalue weighted by molar-refractivity contribution is 7.23. The van der Waals surface area contributed by atoms with E-state index in [4.69, 9.17) is 23.9 Å². The first-order valence-electron chi connectivity index (χ1n) is 17.1. The number of carbonyl (C=O) groups is 1. The van der Waals surface area contributed by atoms with Crippen molar-refractivity contribution >= 4 is 33.1 Å². The summed E-state index contributed by atoms with van der Waals surface area (Å²) in [4.78, 5) is 39.3. The summed E-state index contributed by atoms with van der Waals surface area (Å²) in [5.74, 6) is -0.669. The van der Waals surface area contributed by atoms with Gasteiger partial charge in [-0.3, -0.25) is 9.78 Å². The van der Waals surface area contributed by atoms with Crippen LogP contribution in [-0.4, -0.2) is 57.8 Å². The van der Waals surface area contributed by atoms with Crippen LogP contribution in [0.1, 0.15) is 62.6 Å². The number of amides is 1. The van der Waals surface area contributed by atoms with Gasteiger partial charge in [-0.05, 0) is 79.5 Å². The van der Waals surface area contributed by atoms with Crippen molar-refractivity contribution < 1.29 is 27.5 Å². The molecule has 2 aliphatic heterocycles. The number of aromatic amines is 1. The molecule has 1 amide bonds. The maximum absolute atomic E-state index is 14.5. The summed E-state index contributed by atoms with van der Waals surface area (Å²) in [7, 11) is 1.48. The standard InChI is InChI=1S/C38H32F2N6O5S/c1-18-15-20-16-28(52-34(20)35(41-18)43-25-12-9-23-22(25)8-10-24(40)33(23)49-2)30-29(36-44-45-38(48)51-36)26(11-5-19-3-6-21(39)7-4-19)42-32-27-17-50-14-13-46(27)37(47)31(30)32/h3-4,6-8,10,15-16,25,27H,5,9,11-14,17H2,1-2H3,(H,41,43)(H,45,48)/t25-,27+/m0/s1. The van der Waals surface area contributed by atoms with E-state index in [1.807, 2.05) is 19.1 Å². The third-order valence-electron chi connectivity index (χ3n) is 10.1. The number of anilines is 1. The molecule has 2 aromatic carbocycles. The number of hydrogen-bond donors (Lipinski definition) is 2. The van der Waals surface area contributed by atoms with Crippen LogP contribution in [0.5, 0.6) is 5.75 Å². The number of carbonyl (C=O) groups excluding carboxylic acids is 1. The normalized spacial score (nSPS) is 17.8.